The average Bonchev–Trinajstić information content (AvgIpc) is 3.17. The Bertz CT molecular complexity index is 1200. The first-order valence-electron chi connectivity index (χ1n) is 9.72. The van der Waals surface area contributed by atoms with Gasteiger partial charge in [0.15, 0.2) is 0 Å². The molecule has 0 aliphatic heterocycles. The van der Waals surface area contributed by atoms with E-state index in [4.69, 9.17) is 11.6 Å². The summed E-state index contributed by atoms with van der Waals surface area (Å²) in [5, 5.41) is 6.79. The van der Waals surface area contributed by atoms with Crippen LogP contribution in [0.25, 0.3) is 5.69 Å². The van der Waals surface area contributed by atoms with E-state index in [0.29, 0.717) is 36.6 Å². The number of aromatic nitrogens is 3. The summed E-state index contributed by atoms with van der Waals surface area (Å²) in [6, 6.07) is 4.22. The highest BCUT2D eigenvalue weighted by Gasteiger charge is 2.34. The van der Waals surface area contributed by atoms with E-state index in [1.165, 1.54) is 16.9 Å². The first-order valence-corrected chi connectivity index (χ1v) is 10.1. The number of hydrogen-bond acceptors (Lipinski definition) is 3. The van der Waals surface area contributed by atoms with E-state index >= 15 is 0 Å². The molecule has 3 aromatic rings. The van der Waals surface area contributed by atoms with Gasteiger partial charge in [0.2, 0.25) is 0 Å². The molecule has 1 N–H and O–H groups in total. The van der Waals surface area contributed by atoms with Gasteiger partial charge < -0.3 is 5.32 Å². The van der Waals surface area contributed by atoms with Gasteiger partial charge in [-0.05, 0) is 49.6 Å². The molecule has 2 aromatic heterocycles. The molecule has 0 saturated carbocycles. The number of nitrogens with zero attached hydrogens (tertiary/aromatic N) is 3. The molecule has 1 aromatic carbocycles. The van der Waals surface area contributed by atoms with Crippen molar-refractivity contribution in [2.45, 2.75) is 37.7 Å². The zero-order valence-corrected chi connectivity index (χ0v) is 17.4. The number of nitrogens with one attached hydrogen (secondary N) is 1. The van der Waals surface area contributed by atoms with E-state index in [9.17, 15) is 31.1 Å². The number of hydrogen-bond donors (Lipinski definition) is 1. The van der Waals surface area contributed by atoms with Crippen molar-refractivity contribution in [3.05, 3.63) is 75.8 Å². The molecule has 5 nitrogen and oxygen atoms in total. The lowest BCUT2D eigenvalue weighted by atomic mass is 9.93. The summed E-state index contributed by atoms with van der Waals surface area (Å²) >= 11 is 5.76. The second kappa shape index (κ2) is 8.36. The molecule has 1 unspecified atom stereocenters. The van der Waals surface area contributed by atoms with Crippen molar-refractivity contribution >= 4 is 17.5 Å². The molecule has 1 atom stereocenters. The highest BCUT2D eigenvalue weighted by molar-refractivity contribution is 6.31. The van der Waals surface area contributed by atoms with Crippen LogP contribution in [-0.2, 0) is 18.8 Å². The molecule has 4 rings (SSSR count). The molecule has 174 valence electrons. The second-order valence-corrected chi connectivity index (χ2v) is 7.95. The van der Waals surface area contributed by atoms with Gasteiger partial charge in [-0.2, -0.15) is 31.4 Å². The molecule has 2 heterocycles. The third-order valence-corrected chi connectivity index (χ3v) is 5.41. The summed E-state index contributed by atoms with van der Waals surface area (Å²) in [5.74, 6) is -0.753. The summed E-state index contributed by atoms with van der Waals surface area (Å²) in [5.41, 5.74) is -1.06. The largest absolute Gasteiger partial charge is 0.433 e. The first kappa shape index (κ1) is 23.1. The van der Waals surface area contributed by atoms with Gasteiger partial charge in [0.1, 0.15) is 5.69 Å². The number of halogens is 7. The zero-order chi connectivity index (χ0) is 24.0. The number of rotatable bonds is 3. The zero-order valence-electron chi connectivity index (χ0n) is 16.6. The fourth-order valence-corrected chi connectivity index (χ4v) is 3.90. The number of benzene rings is 1. The van der Waals surface area contributed by atoms with E-state index in [2.05, 4.69) is 15.4 Å². The molecule has 0 spiro atoms. The molecular weight excluding hydrogens is 474 g/mol. The van der Waals surface area contributed by atoms with Gasteiger partial charge >= 0.3 is 12.4 Å². The molecular formula is C21H15ClF6N4O. The Balaban J connectivity index is 1.61. The molecule has 0 bridgehead atoms. The molecule has 0 radical (unpaired) electrons. The van der Waals surface area contributed by atoms with Gasteiger partial charge in [0, 0.05) is 28.5 Å². The summed E-state index contributed by atoms with van der Waals surface area (Å²) in [4.78, 5) is 16.0. The average molecular weight is 489 g/mol. The van der Waals surface area contributed by atoms with Crippen LogP contribution in [0.1, 0.15) is 51.8 Å². The van der Waals surface area contributed by atoms with E-state index in [-0.39, 0.29) is 16.3 Å². The fourth-order valence-electron chi connectivity index (χ4n) is 3.66. The van der Waals surface area contributed by atoms with Crippen molar-refractivity contribution in [3.63, 3.8) is 0 Å². The van der Waals surface area contributed by atoms with Crippen LogP contribution < -0.4 is 5.32 Å². The van der Waals surface area contributed by atoms with Gasteiger partial charge in [-0.15, -0.1) is 0 Å². The van der Waals surface area contributed by atoms with Gasteiger partial charge in [0.25, 0.3) is 5.91 Å². The van der Waals surface area contributed by atoms with Crippen molar-refractivity contribution in [1.82, 2.24) is 20.1 Å². The number of fused-ring (bicyclic) bond motifs is 1. The lowest BCUT2D eigenvalue weighted by Gasteiger charge is -2.23. The van der Waals surface area contributed by atoms with Crippen LogP contribution in [0, 0.1) is 0 Å². The van der Waals surface area contributed by atoms with Crippen LogP contribution in [0.4, 0.5) is 26.3 Å². The Morgan fingerprint density at radius 3 is 2.55 bits per heavy atom. The van der Waals surface area contributed by atoms with Crippen molar-refractivity contribution in [2.75, 3.05) is 0 Å². The van der Waals surface area contributed by atoms with Crippen molar-refractivity contribution < 1.29 is 31.1 Å². The molecule has 33 heavy (non-hydrogen) atoms. The Morgan fingerprint density at radius 2 is 1.85 bits per heavy atom. The van der Waals surface area contributed by atoms with Crippen molar-refractivity contribution in [1.29, 1.82) is 0 Å². The summed E-state index contributed by atoms with van der Waals surface area (Å²) in [6.07, 6.45) is -5.10. The minimum absolute atomic E-state index is 0.140. The van der Waals surface area contributed by atoms with Gasteiger partial charge in [0.05, 0.1) is 23.0 Å². The lowest BCUT2D eigenvalue weighted by molar-refractivity contribution is -0.141. The van der Waals surface area contributed by atoms with Gasteiger partial charge in [-0.3, -0.25) is 9.78 Å². The Morgan fingerprint density at radius 1 is 1.09 bits per heavy atom. The van der Waals surface area contributed by atoms with Gasteiger partial charge in [-0.1, -0.05) is 11.6 Å². The van der Waals surface area contributed by atoms with Crippen molar-refractivity contribution in [3.8, 4) is 5.69 Å². The lowest BCUT2D eigenvalue weighted by Crippen LogP contribution is -2.30. The summed E-state index contributed by atoms with van der Waals surface area (Å²) in [7, 11) is 0. The molecule has 1 aliphatic rings. The molecule has 1 amide bonds. The normalized spacial score (nSPS) is 16.4. The van der Waals surface area contributed by atoms with E-state index in [0.717, 1.165) is 24.4 Å². The number of alkyl halides is 6. The predicted octanol–water partition coefficient (Wildman–Crippen LogP) is 5.77. The van der Waals surface area contributed by atoms with Crippen LogP contribution in [0.15, 0.2) is 42.7 Å². The molecule has 0 fully saturated rings. The Kier molecular flexibility index (Phi) is 5.85. The SMILES string of the molecule is O=C(NC1CCCc2nn(-c3ccnc(C(F)(F)F)c3)cc21)c1cc(Cl)cc(C(F)(F)F)c1. The first-order chi connectivity index (χ1) is 15.4. The van der Waals surface area contributed by atoms with Gasteiger partial charge in [-0.25, -0.2) is 4.68 Å². The van der Waals surface area contributed by atoms with E-state index in [1.807, 2.05) is 0 Å². The third-order valence-electron chi connectivity index (χ3n) is 5.20. The topological polar surface area (TPSA) is 59.8 Å². The Labute approximate surface area is 188 Å². The number of carbonyl (C=O) groups excluding carboxylic acids is 1. The highest BCUT2D eigenvalue weighted by Crippen LogP contribution is 2.34. The molecule has 1 aliphatic carbocycles. The smallest absolute Gasteiger partial charge is 0.345 e. The maximum atomic E-state index is 13.1. The number of amides is 1. The maximum Gasteiger partial charge on any atom is 0.433 e. The van der Waals surface area contributed by atoms with Crippen molar-refractivity contribution in [2.24, 2.45) is 0 Å². The van der Waals surface area contributed by atoms with Crippen LogP contribution >= 0.6 is 11.6 Å². The van der Waals surface area contributed by atoms with Crippen LogP contribution in [-0.4, -0.2) is 20.7 Å². The summed E-state index contributed by atoms with van der Waals surface area (Å²) < 4.78 is 79.4. The summed E-state index contributed by atoms with van der Waals surface area (Å²) in [6.45, 7) is 0. The van der Waals surface area contributed by atoms with E-state index in [1.54, 1.807) is 0 Å². The van der Waals surface area contributed by atoms with E-state index < -0.39 is 35.6 Å². The second-order valence-electron chi connectivity index (χ2n) is 7.52. The highest BCUT2D eigenvalue weighted by atomic mass is 35.5. The minimum Gasteiger partial charge on any atom is -0.345 e. The Hall–Kier alpha value is -3.08. The standard InChI is InChI=1S/C21H15ClF6N4O/c22-13-7-11(6-12(8-13)20(23,24)25)19(33)30-16-2-1-3-17-15(16)10-32(31-17)14-4-5-29-18(9-14)21(26,27)28/h4-10,16H,1-3H2,(H,30,33). The minimum atomic E-state index is -4.67. The maximum absolute atomic E-state index is 13.1. The number of carbonyl (C=O) groups is 1. The number of aryl methyl sites for hydroxylation is 1. The quantitative estimate of drug-likeness (QED) is 0.476. The molecule has 12 heteroatoms. The van der Waals surface area contributed by atoms with Crippen LogP contribution in [0.2, 0.25) is 5.02 Å². The van der Waals surface area contributed by atoms with Crippen LogP contribution in [0.5, 0.6) is 0 Å². The van der Waals surface area contributed by atoms with Crippen LogP contribution in [0.3, 0.4) is 0 Å². The predicted molar refractivity (Wildman–Crippen MR) is 106 cm³/mol. The number of pyridine rings is 1. The fraction of sp³-hybridized carbons (Fsp3) is 0.286. The molecule has 0 saturated heterocycles. The monoisotopic (exact) mass is 488 g/mol. The third kappa shape index (κ3) is 4.97.